The Bertz CT molecular complexity index is 822. The number of halogens is 2. The predicted octanol–water partition coefficient (Wildman–Crippen LogP) is 2.55. The van der Waals surface area contributed by atoms with Crippen LogP contribution in [0.1, 0.15) is 20.7 Å². The first-order valence-electron chi connectivity index (χ1n) is 7.01. The number of benzene rings is 2. The van der Waals surface area contributed by atoms with Gasteiger partial charge in [0, 0.05) is 11.8 Å². The summed E-state index contributed by atoms with van der Waals surface area (Å²) in [6.07, 6.45) is 0. The summed E-state index contributed by atoms with van der Waals surface area (Å²) in [6.45, 7) is -0.673. The van der Waals surface area contributed by atoms with Crippen LogP contribution in [0, 0.1) is 11.6 Å². The van der Waals surface area contributed by atoms with Gasteiger partial charge >= 0.3 is 11.9 Å². The second-order valence-electron chi connectivity index (χ2n) is 4.79. The molecule has 2 rings (SSSR count). The molecular weight excluding hydrogens is 336 g/mol. The van der Waals surface area contributed by atoms with Gasteiger partial charge in [-0.2, -0.15) is 0 Å². The van der Waals surface area contributed by atoms with Crippen LogP contribution in [-0.4, -0.2) is 31.6 Å². The molecule has 25 heavy (non-hydrogen) atoms. The molecule has 0 aliphatic heterocycles. The first kappa shape index (κ1) is 18.1. The fourth-order valence-corrected chi connectivity index (χ4v) is 1.93. The third-order valence-electron chi connectivity index (χ3n) is 3.09. The Morgan fingerprint density at radius 2 is 1.60 bits per heavy atom. The number of hydrogen-bond acceptors (Lipinski definition) is 5. The van der Waals surface area contributed by atoms with Crippen LogP contribution in [0.5, 0.6) is 0 Å². The summed E-state index contributed by atoms with van der Waals surface area (Å²) in [5, 5.41) is 2.25. The van der Waals surface area contributed by atoms with Gasteiger partial charge in [-0.05, 0) is 24.3 Å². The molecular formula is C17H13F2NO5. The van der Waals surface area contributed by atoms with Gasteiger partial charge in [0.1, 0.15) is 0 Å². The van der Waals surface area contributed by atoms with Gasteiger partial charge < -0.3 is 14.8 Å². The lowest BCUT2D eigenvalue weighted by Crippen LogP contribution is -2.22. The van der Waals surface area contributed by atoms with Crippen LogP contribution in [0.4, 0.5) is 14.5 Å². The Hall–Kier alpha value is -3.29. The molecule has 130 valence electrons. The lowest BCUT2D eigenvalue weighted by atomic mass is 10.1. The Morgan fingerprint density at radius 1 is 0.960 bits per heavy atom. The molecule has 1 N–H and O–H groups in total. The number of carbonyl (C=O) groups is 3. The molecule has 0 saturated carbocycles. The Morgan fingerprint density at radius 3 is 2.20 bits per heavy atom. The van der Waals surface area contributed by atoms with Crippen molar-refractivity contribution in [1.29, 1.82) is 0 Å². The van der Waals surface area contributed by atoms with Crippen molar-refractivity contribution in [3.05, 3.63) is 65.2 Å². The molecule has 6 nitrogen and oxygen atoms in total. The molecule has 0 unspecified atom stereocenters. The highest BCUT2D eigenvalue weighted by Gasteiger charge is 2.19. The second-order valence-corrected chi connectivity index (χ2v) is 4.79. The summed E-state index contributed by atoms with van der Waals surface area (Å²) in [4.78, 5) is 35.3. The maximum absolute atomic E-state index is 13.1. The topological polar surface area (TPSA) is 81.7 Å². The van der Waals surface area contributed by atoms with Crippen LogP contribution in [0.2, 0.25) is 0 Å². The van der Waals surface area contributed by atoms with Gasteiger partial charge in [0.05, 0.1) is 18.2 Å². The molecule has 0 radical (unpaired) electrons. The minimum absolute atomic E-state index is 0.00369. The molecule has 0 heterocycles. The number of amides is 1. The third kappa shape index (κ3) is 4.60. The standard InChI is InChI=1S/C17H13F2NO5/c1-24-16(22)11-4-2-3-5-12(11)17(23)25-9-15(21)20-10-6-7-13(18)14(19)8-10/h2-8H,9H2,1H3,(H,20,21). The zero-order valence-electron chi connectivity index (χ0n) is 13.0. The number of hydrogen-bond donors (Lipinski definition) is 1. The van der Waals surface area contributed by atoms with E-state index in [0.717, 1.165) is 18.2 Å². The van der Waals surface area contributed by atoms with Gasteiger partial charge in [0.15, 0.2) is 18.2 Å². The molecule has 0 spiro atoms. The monoisotopic (exact) mass is 349 g/mol. The van der Waals surface area contributed by atoms with Crippen molar-refractivity contribution in [1.82, 2.24) is 0 Å². The molecule has 0 saturated heterocycles. The molecule has 1 amide bonds. The first-order valence-corrected chi connectivity index (χ1v) is 7.01. The van der Waals surface area contributed by atoms with Crippen molar-refractivity contribution in [2.75, 3.05) is 19.0 Å². The Kier molecular flexibility index (Phi) is 5.78. The van der Waals surface area contributed by atoms with Gasteiger partial charge in [0.25, 0.3) is 5.91 Å². The van der Waals surface area contributed by atoms with Crippen molar-refractivity contribution < 1.29 is 32.6 Å². The average molecular weight is 349 g/mol. The third-order valence-corrected chi connectivity index (χ3v) is 3.09. The van der Waals surface area contributed by atoms with Crippen molar-refractivity contribution in [2.45, 2.75) is 0 Å². The summed E-state index contributed by atoms with van der Waals surface area (Å²) >= 11 is 0. The van der Waals surface area contributed by atoms with Crippen molar-refractivity contribution in [3.63, 3.8) is 0 Å². The zero-order chi connectivity index (χ0) is 18.4. The van der Waals surface area contributed by atoms with E-state index >= 15 is 0 Å². The van der Waals surface area contributed by atoms with Crippen LogP contribution in [0.25, 0.3) is 0 Å². The first-order chi connectivity index (χ1) is 11.9. The second kappa shape index (κ2) is 8.00. The number of anilines is 1. The molecule has 2 aromatic rings. The van der Waals surface area contributed by atoms with E-state index in [2.05, 4.69) is 10.1 Å². The van der Waals surface area contributed by atoms with E-state index in [4.69, 9.17) is 4.74 Å². The van der Waals surface area contributed by atoms with Crippen molar-refractivity contribution in [3.8, 4) is 0 Å². The van der Waals surface area contributed by atoms with Gasteiger partial charge in [0.2, 0.25) is 0 Å². The van der Waals surface area contributed by atoms with E-state index < -0.39 is 36.1 Å². The molecule has 8 heteroatoms. The summed E-state index contributed by atoms with van der Waals surface area (Å²) < 4.78 is 35.3. The average Bonchev–Trinajstić information content (AvgIpc) is 2.62. The van der Waals surface area contributed by atoms with Gasteiger partial charge in [-0.1, -0.05) is 12.1 Å². The molecule has 0 aliphatic carbocycles. The Labute approximate surface area is 141 Å². The highest BCUT2D eigenvalue weighted by atomic mass is 19.2. The van der Waals surface area contributed by atoms with Gasteiger partial charge in [-0.3, -0.25) is 4.79 Å². The van der Waals surface area contributed by atoms with E-state index in [1.54, 1.807) is 6.07 Å². The van der Waals surface area contributed by atoms with E-state index in [0.29, 0.717) is 0 Å². The molecule has 0 atom stereocenters. The smallest absolute Gasteiger partial charge is 0.339 e. The van der Waals surface area contributed by atoms with Crippen molar-refractivity contribution >= 4 is 23.5 Å². The number of carbonyl (C=O) groups excluding carboxylic acids is 3. The zero-order valence-corrected chi connectivity index (χ0v) is 13.0. The number of esters is 2. The van der Waals surface area contributed by atoms with Crippen LogP contribution in [-0.2, 0) is 14.3 Å². The minimum atomic E-state index is -1.12. The number of ether oxygens (including phenoxy) is 2. The van der Waals surface area contributed by atoms with Gasteiger partial charge in [-0.15, -0.1) is 0 Å². The van der Waals surface area contributed by atoms with Crippen LogP contribution < -0.4 is 5.32 Å². The fourth-order valence-electron chi connectivity index (χ4n) is 1.93. The Balaban J connectivity index is 1.99. The molecule has 0 fully saturated rings. The summed E-state index contributed by atoms with van der Waals surface area (Å²) in [6, 6.07) is 8.59. The maximum atomic E-state index is 13.1. The van der Waals surface area contributed by atoms with Crippen molar-refractivity contribution in [2.24, 2.45) is 0 Å². The van der Waals surface area contributed by atoms with E-state index in [9.17, 15) is 23.2 Å². The minimum Gasteiger partial charge on any atom is -0.465 e. The molecule has 0 aromatic heterocycles. The maximum Gasteiger partial charge on any atom is 0.339 e. The summed E-state index contributed by atoms with van der Waals surface area (Å²) in [5.74, 6) is -4.55. The molecule has 2 aromatic carbocycles. The molecule has 0 aliphatic rings. The highest BCUT2D eigenvalue weighted by Crippen LogP contribution is 2.14. The number of nitrogens with one attached hydrogen (secondary N) is 1. The quantitative estimate of drug-likeness (QED) is 0.839. The van der Waals surface area contributed by atoms with Crippen LogP contribution >= 0.6 is 0 Å². The SMILES string of the molecule is COC(=O)c1ccccc1C(=O)OCC(=O)Nc1ccc(F)c(F)c1. The number of methoxy groups -OCH3 is 1. The van der Waals surface area contributed by atoms with Crippen LogP contribution in [0.3, 0.4) is 0 Å². The van der Waals surface area contributed by atoms with Gasteiger partial charge in [-0.25, -0.2) is 18.4 Å². The van der Waals surface area contributed by atoms with E-state index in [1.807, 2.05) is 0 Å². The normalized spacial score (nSPS) is 10.0. The summed E-state index contributed by atoms with van der Waals surface area (Å²) in [7, 11) is 1.17. The van der Waals surface area contributed by atoms with E-state index in [1.165, 1.54) is 25.3 Å². The molecule has 0 bridgehead atoms. The van der Waals surface area contributed by atoms with E-state index in [-0.39, 0.29) is 16.8 Å². The predicted molar refractivity (Wildman–Crippen MR) is 83.1 cm³/mol. The lowest BCUT2D eigenvalue weighted by molar-refractivity contribution is -0.119. The fraction of sp³-hybridized carbons (Fsp3) is 0.118. The lowest BCUT2D eigenvalue weighted by Gasteiger charge is -2.09. The number of rotatable bonds is 5. The van der Waals surface area contributed by atoms with Crippen LogP contribution in [0.15, 0.2) is 42.5 Å². The summed E-state index contributed by atoms with van der Waals surface area (Å²) in [5.41, 5.74) is -0.0547. The highest BCUT2D eigenvalue weighted by molar-refractivity contribution is 6.04. The largest absolute Gasteiger partial charge is 0.465 e.